The molecule has 0 saturated heterocycles. The highest BCUT2D eigenvalue weighted by Crippen LogP contribution is 2.35. The highest BCUT2D eigenvalue weighted by molar-refractivity contribution is 9.10. The van der Waals surface area contributed by atoms with E-state index in [1.165, 1.54) is 16.6 Å². The van der Waals surface area contributed by atoms with E-state index in [0.717, 1.165) is 46.1 Å². The third-order valence-electron chi connectivity index (χ3n) is 6.23. The monoisotopic (exact) mass is 596 g/mol. The normalized spacial score (nSPS) is 13.4. The molecule has 1 aliphatic rings. The lowest BCUT2D eigenvalue weighted by molar-refractivity contribution is -0.118. The fourth-order valence-electron chi connectivity index (χ4n) is 4.31. The topological polar surface area (TPSA) is 85.6 Å². The Balaban J connectivity index is 1.44. The number of hydrogen-bond donors (Lipinski definition) is 1. The highest BCUT2D eigenvalue weighted by atomic mass is 79.9. The van der Waals surface area contributed by atoms with E-state index < -0.39 is 0 Å². The number of thioether (sulfide) groups is 1. The number of nitrogens with one attached hydrogen (secondary N) is 1. The molecule has 1 aliphatic carbocycles. The summed E-state index contributed by atoms with van der Waals surface area (Å²) in [6, 6.07) is 15.0. The molecule has 0 aliphatic heterocycles. The highest BCUT2D eigenvalue weighted by Gasteiger charge is 2.23. The Bertz CT molecular complexity index is 1540. The van der Waals surface area contributed by atoms with Crippen LogP contribution < -0.4 is 15.7 Å². The van der Waals surface area contributed by atoms with Gasteiger partial charge in [-0.25, -0.2) is 10.4 Å². The summed E-state index contributed by atoms with van der Waals surface area (Å²) < 4.78 is 7.87. The Morgan fingerprint density at radius 2 is 1.89 bits per heavy atom. The average Bonchev–Trinajstić information content (AvgIpc) is 3.30. The van der Waals surface area contributed by atoms with Crippen molar-refractivity contribution in [2.24, 2.45) is 5.10 Å². The van der Waals surface area contributed by atoms with E-state index in [1.54, 1.807) is 23.0 Å². The van der Waals surface area contributed by atoms with Crippen LogP contribution in [0.5, 0.6) is 5.75 Å². The molecule has 0 saturated carbocycles. The van der Waals surface area contributed by atoms with Crippen LogP contribution in [0.2, 0.25) is 0 Å². The van der Waals surface area contributed by atoms with E-state index in [9.17, 15) is 9.59 Å². The zero-order valence-corrected chi connectivity index (χ0v) is 23.6. The van der Waals surface area contributed by atoms with Gasteiger partial charge in [0.15, 0.2) is 5.16 Å². The Morgan fingerprint density at radius 1 is 1.16 bits per heavy atom. The minimum Gasteiger partial charge on any atom is -0.497 e. The van der Waals surface area contributed by atoms with Crippen molar-refractivity contribution in [2.45, 2.75) is 37.8 Å². The van der Waals surface area contributed by atoms with E-state index in [-0.39, 0.29) is 17.2 Å². The number of nitrogens with zero attached hydrogens (tertiary/aromatic N) is 3. The summed E-state index contributed by atoms with van der Waals surface area (Å²) in [5, 5.41) is 5.42. The lowest BCUT2D eigenvalue weighted by Gasteiger charge is -2.14. The van der Waals surface area contributed by atoms with Gasteiger partial charge in [-0.15, -0.1) is 11.3 Å². The van der Waals surface area contributed by atoms with Gasteiger partial charge in [-0.1, -0.05) is 39.8 Å². The largest absolute Gasteiger partial charge is 0.497 e. The predicted molar refractivity (Wildman–Crippen MR) is 154 cm³/mol. The smallest absolute Gasteiger partial charge is 0.267 e. The Hall–Kier alpha value is -2.95. The number of ether oxygens (including phenoxy) is 1. The van der Waals surface area contributed by atoms with Crippen LogP contribution in [0.4, 0.5) is 0 Å². The zero-order valence-electron chi connectivity index (χ0n) is 20.4. The van der Waals surface area contributed by atoms with Crippen LogP contribution >= 0.6 is 39.0 Å². The molecule has 0 unspecified atom stereocenters. The SMILES string of the molecule is COc1ccc(-n2c(SCC(=O)NN=C(C)c3ccc(Br)cc3)nc3sc4c(c3c2=O)CCCC4)cc1. The molecule has 5 rings (SSSR count). The zero-order chi connectivity index (χ0) is 25.9. The molecule has 4 aromatic rings. The first kappa shape index (κ1) is 25.7. The molecule has 10 heteroatoms. The lowest BCUT2D eigenvalue weighted by Crippen LogP contribution is -2.24. The van der Waals surface area contributed by atoms with E-state index in [4.69, 9.17) is 9.72 Å². The molecular weight excluding hydrogens is 572 g/mol. The Labute approximate surface area is 231 Å². The van der Waals surface area contributed by atoms with Crippen LogP contribution in [-0.2, 0) is 17.6 Å². The lowest BCUT2D eigenvalue weighted by atomic mass is 9.97. The number of amides is 1. The first-order valence-electron chi connectivity index (χ1n) is 11.9. The van der Waals surface area contributed by atoms with Crippen molar-refractivity contribution in [3.8, 4) is 11.4 Å². The van der Waals surface area contributed by atoms with Gasteiger partial charge in [0, 0.05) is 9.35 Å². The van der Waals surface area contributed by atoms with E-state index >= 15 is 0 Å². The van der Waals surface area contributed by atoms with E-state index in [0.29, 0.717) is 27.7 Å². The molecule has 0 fully saturated rings. The quantitative estimate of drug-likeness (QED) is 0.127. The number of carbonyl (C=O) groups is 1. The van der Waals surface area contributed by atoms with Gasteiger partial charge in [0.05, 0.1) is 29.6 Å². The molecular formula is C27H25BrN4O3S2. The average molecular weight is 598 g/mol. The maximum Gasteiger partial charge on any atom is 0.267 e. The summed E-state index contributed by atoms with van der Waals surface area (Å²) in [5.74, 6) is 0.491. The maximum atomic E-state index is 13.8. The van der Waals surface area contributed by atoms with Crippen LogP contribution in [0, 0.1) is 0 Å². The molecule has 0 atom stereocenters. The van der Waals surface area contributed by atoms with Crippen LogP contribution in [0.25, 0.3) is 15.9 Å². The number of aromatic nitrogens is 2. The molecule has 1 N–H and O–H groups in total. The Morgan fingerprint density at radius 3 is 2.62 bits per heavy atom. The summed E-state index contributed by atoms with van der Waals surface area (Å²) >= 11 is 6.24. The van der Waals surface area contributed by atoms with Crippen LogP contribution in [0.3, 0.4) is 0 Å². The maximum absolute atomic E-state index is 13.8. The number of hydrogen-bond acceptors (Lipinski definition) is 7. The van der Waals surface area contributed by atoms with Crippen molar-refractivity contribution < 1.29 is 9.53 Å². The van der Waals surface area contributed by atoms with Crippen LogP contribution in [0.1, 0.15) is 35.8 Å². The van der Waals surface area contributed by atoms with Gasteiger partial charge in [0.2, 0.25) is 0 Å². The van der Waals surface area contributed by atoms with Crippen molar-refractivity contribution in [3.63, 3.8) is 0 Å². The summed E-state index contributed by atoms with van der Waals surface area (Å²) in [4.78, 5) is 33.4. The minimum absolute atomic E-state index is 0.0658. The fraction of sp³-hybridized carbons (Fsp3) is 0.259. The molecule has 0 radical (unpaired) electrons. The molecule has 2 aromatic carbocycles. The van der Waals surface area contributed by atoms with Gasteiger partial charge in [-0.3, -0.25) is 14.2 Å². The number of fused-ring (bicyclic) bond motifs is 3. The summed E-state index contributed by atoms with van der Waals surface area (Å²) in [6.45, 7) is 1.84. The molecule has 190 valence electrons. The van der Waals surface area contributed by atoms with Gasteiger partial charge in [0.25, 0.3) is 11.5 Å². The number of rotatable bonds is 7. The molecule has 0 bridgehead atoms. The molecule has 37 heavy (non-hydrogen) atoms. The van der Waals surface area contributed by atoms with Crippen LogP contribution in [-0.4, -0.2) is 34.0 Å². The molecule has 2 heterocycles. The first-order chi connectivity index (χ1) is 17.9. The summed E-state index contributed by atoms with van der Waals surface area (Å²) in [6.07, 6.45) is 4.10. The number of thiophene rings is 1. The van der Waals surface area contributed by atoms with Gasteiger partial charge in [-0.2, -0.15) is 5.10 Å². The number of benzene rings is 2. The molecule has 7 nitrogen and oxygen atoms in total. The predicted octanol–water partition coefficient (Wildman–Crippen LogP) is 5.73. The number of halogens is 1. The van der Waals surface area contributed by atoms with Crippen molar-refractivity contribution in [2.75, 3.05) is 12.9 Å². The number of methoxy groups -OCH3 is 1. The third-order valence-corrected chi connectivity index (χ3v) is 8.88. The standard InChI is InChI=1S/C27H25BrN4O3S2/c1-16(17-7-9-18(28)10-8-17)30-31-23(33)15-36-27-29-25-24(21-5-3-4-6-22(21)37-25)26(34)32(27)19-11-13-20(35-2)14-12-19/h7-14H,3-6,15H2,1-2H3,(H,31,33). The third kappa shape index (κ3) is 5.51. The van der Waals surface area contributed by atoms with Gasteiger partial charge in [-0.05, 0) is 80.1 Å². The molecule has 1 amide bonds. The van der Waals surface area contributed by atoms with Crippen molar-refractivity contribution in [3.05, 3.63) is 79.4 Å². The van der Waals surface area contributed by atoms with Crippen LogP contribution in [0.15, 0.2) is 68.1 Å². The molecule has 2 aromatic heterocycles. The van der Waals surface area contributed by atoms with Gasteiger partial charge < -0.3 is 4.74 Å². The second-order valence-electron chi connectivity index (χ2n) is 8.65. The number of aryl methyl sites for hydroxylation is 2. The molecule has 0 spiro atoms. The van der Waals surface area contributed by atoms with Crippen molar-refractivity contribution in [1.82, 2.24) is 15.0 Å². The fourth-order valence-corrected chi connectivity index (χ4v) is 6.68. The van der Waals surface area contributed by atoms with Gasteiger partial charge >= 0.3 is 0 Å². The summed E-state index contributed by atoms with van der Waals surface area (Å²) in [7, 11) is 1.60. The Kier molecular flexibility index (Phi) is 7.78. The van der Waals surface area contributed by atoms with E-state index in [2.05, 4.69) is 26.5 Å². The second kappa shape index (κ2) is 11.2. The number of hydrazone groups is 1. The number of carbonyl (C=O) groups excluding carboxylic acids is 1. The van der Waals surface area contributed by atoms with Gasteiger partial charge in [0.1, 0.15) is 10.6 Å². The van der Waals surface area contributed by atoms with Crippen molar-refractivity contribution in [1.29, 1.82) is 0 Å². The minimum atomic E-state index is -0.275. The van der Waals surface area contributed by atoms with E-state index in [1.807, 2.05) is 55.5 Å². The van der Waals surface area contributed by atoms with Crippen molar-refractivity contribution >= 4 is 60.9 Å². The first-order valence-corrected chi connectivity index (χ1v) is 14.5. The second-order valence-corrected chi connectivity index (χ2v) is 11.6. The summed E-state index contributed by atoms with van der Waals surface area (Å²) in [5.41, 5.74) is 5.96.